The molecule has 0 spiro atoms. The van der Waals surface area contributed by atoms with E-state index in [1.54, 1.807) is 0 Å². The number of carboxylic acids is 1. The van der Waals surface area contributed by atoms with Gasteiger partial charge in [-0.1, -0.05) is 12.1 Å². The smallest absolute Gasteiger partial charge is 0.338 e. The number of carbonyl (C=O) groups excluding carboxylic acids is 1. The summed E-state index contributed by atoms with van der Waals surface area (Å²) in [6.45, 7) is 4.86. The molecular weight excluding hydrogens is 426 g/mol. The molecule has 0 saturated heterocycles. The highest BCUT2D eigenvalue weighted by molar-refractivity contribution is 9.10. The van der Waals surface area contributed by atoms with Crippen LogP contribution in [0.3, 0.4) is 0 Å². The molecule has 1 amide bonds. The fourth-order valence-electron chi connectivity index (χ4n) is 2.79. The van der Waals surface area contributed by atoms with Crippen molar-refractivity contribution >= 4 is 33.5 Å². The standard InChI is InChI=1S/C19H20BrN5O3/c1-12-18(20)13(2)25(23-12)10-14-4-3-5-16(8-14)22-17(26)6-7-24-11-15(9-21-24)19(27)28/h3-5,8-9,11H,6-7,10H2,1-2H3,(H,22,26)(H,27,28). The molecule has 0 fully saturated rings. The normalized spacial score (nSPS) is 10.8. The maximum Gasteiger partial charge on any atom is 0.338 e. The predicted octanol–water partition coefficient (Wildman–Crippen LogP) is 3.23. The van der Waals surface area contributed by atoms with Crippen LogP contribution in [0.15, 0.2) is 41.1 Å². The number of amides is 1. The van der Waals surface area contributed by atoms with Crippen molar-refractivity contribution in [2.24, 2.45) is 0 Å². The minimum absolute atomic E-state index is 0.101. The lowest BCUT2D eigenvalue weighted by molar-refractivity contribution is -0.116. The average Bonchev–Trinajstić information content (AvgIpc) is 3.22. The fourth-order valence-corrected chi connectivity index (χ4v) is 3.07. The van der Waals surface area contributed by atoms with E-state index in [2.05, 4.69) is 31.4 Å². The molecule has 0 aliphatic carbocycles. The SMILES string of the molecule is Cc1nn(Cc2cccc(NC(=O)CCn3cc(C(=O)O)cn3)c2)c(C)c1Br. The minimum Gasteiger partial charge on any atom is -0.478 e. The van der Waals surface area contributed by atoms with E-state index < -0.39 is 5.97 Å². The van der Waals surface area contributed by atoms with E-state index in [1.165, 1.54) is 17.1 Å². The Morgan fingerprint density at radius 3 is 2.71 bits per heavy atom. The molecule has 2 heterocycles. The van der Waals surface area contributed by atoms with Crippen molar-refractivity contribution in [3.05, 3.63) is 63.6 Å². The predicted molar refractivity (Wildman–Crippen MR) is 107 cm³/mol. The quantitative estimate of drug-likeness (QED) is 0.580. The highest BCUT2D eigenvalue weighted by Crippen LogP contribution is 2.21. The molecule has 9 heteroatoms. The molecule has 0 atom stereocenters. The fraction of sp³-hybridized carbons (Fsp3) is 0.263. The van der Waals surface area contributed by atoms with Gasteiger partial charge in [0.1, 0.15) is 0 Å². The number of benzene rings is 1. The number of nitrogens with zero attached hydrogens (tertiary/aromatic N) is 4. The van der Waals surface area contributed by atoms with Gasteiger partial charge in [0.2, 0.25) is 5.91 Å². The Morgan fingerprint density at radius 1 is 1.29 bits per heavy atom. The van der Waals surface area contributed by atoms with E-state index in [1.807, 2.05) is 42.8 Å². The number of carboxylic acid groups (broad SMARTS) is 1. The second-order valence-corrected chi connectivity index (χ2v) is 7.23. The number of aromatic carboxylic acids is 1. The van der Waals surface area contributed by atoms with Crippen LogP contribution in [0.1, 0.15) is 33.7 Å². The van der Waals surface area contributed by atoms with Gasteiger partial charge < -0.3 is 10.4 Å². The third-order valence-corrected chi connectivity index (χ3v) is 5.43. The van der Waals surface area contributed by atoms with Gasteiger partial charge in [-0.15, -0.1) is 0 Å². The summed E-state index contributed by atoms with van der Waals surface area (Å²) in [4.78, 5) is 23.1. The molecular formula is C19H20BrN5O3. The van der Waals surface area contributed by atoms with Crippen LogP contribution in [0, 0.1) is 13.8 Å². The monoisotopic (exact) mass is 445 g/mol. The van der Waals surface area contributed by atoms with Gasteiger partial charge in [0, 0.05) is 24.8 Å². The van der Waals surface area contributed by atoms with Crippen molar-refractivity contribution in [3.8, 4) is 0 Å². The summed E-state index contributed by atoms with van der Waals surface area (Å²) in [5.41, 5.74) is 3.81. The van der Waals surface area contributed by atoms with Gasteiger partial charge in [0.25, 0.3) is 0 Å². The second kappa shape index (κ2) is 8.39. The van der Waals surface area contributed by atoms with Crippen molar-refractivity contribution in [2.45, 2.75) is 33.4 Å². The number of halogens is 1. The Kier molecular flexibility index (Phi) is 5.93. The molecule has 0 bridgehead atoms. The maximum atomic E-state index is 12.2. The molecule has 146 valence electrons. The lowest BCUT2D eigenvalue weighted by Crippen LogP contribution is -2.15. The van der Waals surface area contributed by atoms with Crippen LogP contribution in [0.2, 0.25) is 0 Å². The van der Waals surface area contributed by atoms with Crippen LogP contribution >= 0.6 is 15.9 Å². The topological polar surface area (TPSA) is 102 Å². The lowest BCUT2D eigenvalue weighted by Gasteiger charge is -2.09. The van der Waals surface area contributed by atoms with Gasteiger partial charge in [-0.2, -0.15) is 10.2 Å². The Morgan fingerprint density at radius 2 is 2.07 bits per heavy atom. The zero-order valence-electron chi connectivity index (χ0n) is 15.5. The first-order valence-electron chi connectivity index (χ1n) is 8.67. The highest BCUT2D eigenvalue weighted by atomic mass is 79.9. The van der Waals surface area contributed by atoms with Crippen LogP contribution in [0.5, 0.6) is 0 Å². The first-order chi connectivity index (χ1) is 13.3. The number of anilines is 1. The lowest BCUT2D eigenvalue weighted by atomic mass is 10.2. The zero-order valence-corrected chi connectivity index (χ0v) is 17.1. The van der Waals surface area contributed by atoms with Crippen molar-refractivity contribution in [1.82, 2.24) is 19.6 Å². The number of aromatic nitrogens is 4. The van der Waals surface area contributed by atoms with E-state index in [0.717, 1.165) is 21.4 Å². The van der Waals surface area contributed by atoms with E-state index >= 15 is 0 Å². The van der Waals surface area contributed by atoms with E-state index in [-0.39, 0.29) is 17.9 Å². The van der Waals surface area contributed by atoms with Gasteiger partial charge in [0.15, 0.2) is 0 Å². The summed E-state index contributed by atoms with van der Waals surface area (Å²) in [6.07, 6.45) is 2.86. The number of nitrogens with one attached hydrogen (secondary N) is 1. The summed E-state index contributed by atoms with van der Waals surface area (Å²) in [7, 11) is 0. The molecule has 28 heavy (non-hydrogen) atoms. The molecule has 3 rings (SSSR count). The Labute approximate surface area is 170 Å². The van der Waals surface area contributed by atoms with Gasteiger partial charge in [-0.25, -0.2) is 4.79 Å². The molecule has 1 aromatic carbocycles. The Bertz CT molecular complexity index is 1020. The van der Waals surface area contributed by atoms with Gasteiger partial charge >= 0.3 is 5.97 Å². The van der Waals surface area contributed by atoms with Crippen molar-refractivity contribution in [1.29, 1.82) is 0 Å². The molecule has 0 aliphatic heterocycles. The number of rotatable bonds is 7. The summed E-state index contributed by atoms with van der Waals surface area (Å²) in [5.74, 6) is -1.21. The highest BCUT2D eigenvalue weighted by Gasteiger charge is 2.10. The van der Waals surface area contributed by atoms with Crippen LogP contribution < -0.4 is 5.32 Å². The van der Waals surface area contributed by atoms with Crippen molar-refractivity contribution in [2.75, 3.05) is 5.32 Å². The van der Waals surface area contributed by atoms with Crippen LogP contribution in [0.25, 0.3) is 0 Å². The van der Waals surface area contributed by atoms with Crippen molar-refractivity contribution < 1.29 is 14.7 Å². The average molecular weight is 446 g/mol. The van der Waals surface area contributed by atoms with Gasteiger partial charge in [-0.05, 0) is 47.5 Å². The molecule has 0 radical (unpaired) electrons. The molecule has 8 nitrogen and oxygen atoms in total. The molecule has 2 N–H and O–H groups in total. The summed E-state index contributed by atoms with van der Waals surface area (Å²) in [5, 5.41) is 20.2. The van der Waals surface area contributed by atoms with Crippen molar-refractivity contribution in [3.63, 3.8) is 0 Å². The largest absolute Gasteiger partial charge is 0.478 e. The Hall–Kier alpha value is -2.94. The van der Waals surface area contributed by atoms with Gasteiger partial charge in [-0.3, -0.25) is 14.2 Å². The molecule has 0 aliphatic rings. The molecule has 3 aromatic rings. The third-order valence-electron chi connectivity index (χ3n) is 4.28. The Balaban J connectivity index is 1.59. The van der Waals surface area contributed by atoms with Gasteiger partial charge in [0.05, 0.1) is 34.2 Å². The number of hydrogen-bond donors (Lipinski definition) is 2. The third kappa shape index (κ3) is 4.66. The number of carbonyl (C=O) groups is 2. The van der Waals surface area contributed by atoms with Crippen LogP contribution in [-0.2, 0) is 17.9 Å². The summed E-state index contributed by atoms with van der Waals surface area (Å²) < 4.78 is 4.36. The van der Waals surface area contributed by atoms with Crippen LogP contribution in [-0.4, -0.2) is 36.5 Å². The second-order valence-electron chi connectivity index (χ2n) is 6.44. The summed E-state index contributed by atoms with van der Waals surface area (Å²) >= 11 is 3.53. The van der Waals surface area contributed by atoms with Crippen LogP contribution in [0.4, 0.5) is 5.69 Å². The number of hydrogen-bond acceptors (Lipinski definition) is 4. The minimum atomic E-state index is -1.04. The maximum absolute atomic E-state index is 12.2. The molecule has 0 saturated carbocycles. The zero-order chi connectivity index (χ0) is 20.3. The number of aryl methyl sites for hydroxylation is 2. The van der Waals surface area contributed by atoms with E-state index in [9.17, 15) is 9.59 Å². The van der Waals surface area contributed by atoms with E-state index in [0.29, 0.717) is 18.8 Å². The molecule has 0 unspecified atom stereocenters. The molecule has 2 aromatic heterocycles. The van der Waals surface area contributed by atoms with E-state index in [4.69, 9.17) is 5.11 Å². The summed E-state index contributed by atoms with van der Waals surface area (Å²) in [6, 6.07) is 7.61. The first-order valence-corrected chi connectivity index (χ1v) is 9.47. The first kappa shape index (κ1) is 19.8.